The van der Waals surface area contributed by atoms with Gasteiger partial charge in [-0.05, 0) is 25.3 Å². The Hall–Kier alpha value is -0.393. The molecule has 1 aliphatic rings. The lowest BCUT2D eigenvalue weighted by Gasteiger charge is -2.18. The Morgan fingerprint density at radius 1 is 1.24 bits per heavy atom. The number of hydrogen-bond donors (Lipinski definition) is 0. The third-order valence-electron chi connectivity index (χ3n) is 2.66. The molecule has 0 spiro atoms. The van der Waals surface area contributed by atoms with E-state index < -0.39 is 9.28 Å². The molecule has 5 heteroatoms. The quantitative estimate of drug-likeness (QED) is 0.560. The van der Waals surface area contributed by atoms with Crippen molar-refractivity contribution in [2.24, 2.45) is 4.99 Å². The SMILES string of the molecule is CCCO[SiH](CCCN1C=NCC1)OCCC. The van der Waals surface area contributed by atoms with E-state index in [2.05, 4.69) is 23.7 Å². The molecule has 0 aromatic carbocycles. The molecule has 0 aliphatic carbocycles. The lowest BCUT2D eigenvalue weighted by atomic mass is 10.4. The second kappa shape index (κ2) is 9.62. The van der Waals surface area contributed by atoms with Gasteiger partial charge in [0.05, 0.1) is 12.9 Å². The highest BCUT2D eigenvalue weighted by atomic mass is 28.3. The molecular formula is C12H26N2O2Si. The summed E-state index contributed by atoms with van der Waals surface area (Å²) in [7, 11) is -1.40. The summed E-state index contributed by atoms with van der Waals surface area (Å²) in [5.41, 5.74) is 0. The zero-order chi connectivity index (χ0) is 12.3. The lowest BCUT2D eigenvalue weighted by molar-refractivity contribution is 0.195. The van der Waals surface area contributed by atoms with Crippen molar-refractivity contribution in [2.75, 3.05) is 32.8 Å². The average molecular weight is 258 g/mol. The minimum atomic E-state index is -1.40. The van der Waals surface area contributed by atoms with Crippen LogP contribution in [0.15, 0.2) is 4.99 Å². The number of nitrogens with zero attached hydrogens (tertiary/aromatic N) is 2. The molecule has 0 saturated heterocycles. The predicted molar refractivity (Wildman–Crippen MR) is 74.0 cm³/mol. The van der Waals surface area contributed by atoms with Gasteiger partial charge in [-0.3, -0.25) is 4.99 Å². The number of aliphatic imine (C=N–C) groups is 1. The minimum absolute atomic E-state index is 0.853. The second-order valence-corrected chi connectivity index (χ2v) is 6.47. The first-order chi connectivity index (χ1) is 8.36. The highest BCUT2D eigenvalue weighted by Crippen LogP contribution is 2.05. The number of rotatable bonds is 10. The molecule has 0 fully saturated rings. The Kier molecular flexibility index (Phi) is 8.30. The predicted octanol–water partition coefficient (Wildman–Crippen LogP) is 1.79. The van der Waals surface area contributed by atoms with E-state index in [1.807, 2.05) is 6.34 Å². The fraction of sp³-hybridized carbons (Fsp3) is 0.917. The molecule has 0 atom stereocenters. The van der Waals surface area contributed by atoms with Gasteiger partial charge in [-0.2, -0.15) is 0 Å². The van der Waals surface area contributed by atoms with Crippen molar-refractivity contribution in [3.05, 3.63) is 0 Å². The molecule has 1 rings (SSSR count). The third kappa shape index (κ3) is 6.80. The molecule has 4 nitrogen and oxygen atoms in total. The van der Waals surface area contributed by atoms with E-state index in [0.29, 0.717) is 0 Å². The summed E-state index contributed by atoms with van der Waals surface area (Å²) in [6.45, 7) is 9.13. The normalized spacial score (nSPS) is 15.1. The highest BCUT2D eigenvalue weighted by Gasteiger charge is 2.13. The Morgan fingerprint density at radius 2 is 1.94 bits per heavy atom. The van der Waals surface area contributed by atoms with E-state index in [0.717, 1.165) is 58.2 Å². The van der Waals surface area contributed by atoms with Crippen molar-refractivity contribution in [1.82, 2.24) is 4.90 Å². The summed E-state index contributed by atoms with van der Waals surface area (Å²) < 4.78 is 11.6. The molecule has 0 aromatic heterocycles. The summed E-state index contributed by atoms with van der Waals surface area (Å²) in [5.74, 6) is 0. The van der Waals surface area contributed by atoms with Crippen LogP contribution in [0.1, 0.15) is 33.1 Å². The summed E-state index contributed by atoms with van der Waals surface area (Å²) in [4.78, 5) is 6.49. The Bertz CT molecular complexity index is 207. The van der Waals surface area contributed by atoms with Gasteiger partial charge in [0.1, 0.15) is 0 Å². The first kappa shape index (κ1) is 14.7. The van der Waals surface area contributed by atoms with E-state index in [9.17, 15) is 0 Å². The zero-order valence-electron chi connectivity index (χ0n) is 11.2. The summed E-state index contributed by atoms with van der Waals surface area (Å²) in [6.07, 6.45) is 5.29. The largest absolute Gasteiger partial charge is 0.397 e. The van der Waals surface area contributed by atoms with Gasteiger partial charge < -0.3 is 13.8 Å². The van der Waals surface area contributed by atoms with Gasteiger partial charge in [0.15, 0.2) is 0 Å². The number of hydrogen-bond acceptors (Lipinski definition) is 4. The highest BCUT2D eigenvalue weighted by molar-refractivity contribution is 6.44. The fourth-order valence-electron chi connectivity index (χ4n) is 1.76. The first-order valence-corrected chi connectivity index (χ1v) is 8.60. The molecule has 0 N–H and O–H groups in total. The maximum atomic E-state index is 5.82. The van der Waals surface area contributed by atoms with Gasteiger partial charge >= 0.3 is 9.28 Å². The molecule has 0 amide bonds. The molecule has 0 saturated carbocycles. The second-order valence-electron chi connectivity index (χ2n) is 4.37. The van der Waals surface area contributed by atoms with Crippen molar-refractivity contribution < 1.29 is 8.85 Å². The molecule has 0 unspecified atom stereocenters. The van der Waals surface area contributed by atoms with Gasteiger partial charge in [-0.15, -0.1) is 0 Å². The molecule has 17 heavy (non-hydrogen) atoms. The van der Waals surface area contributed by atoms with Crippen molar-refractivity contribution in [3.63, 3.8) is 0 Å². The maximum absolute atomic E-state index is 5.82. The standard InChI is InChI=1S/C12H26N2O2Si/c1-3-9-15-17(16-10-4-2)11-5-7-14-8-6-13-12-14/h12,17H,3-11H2,1-2H3. The van der Waals surface area contributed by atoms with Gasteiger partial charge in [0.2, 0.25) is 0 Å². The Morgan fingerprint density at radius 3 is 2.47 bits per heavy atom. The van der Waals surface area contributed by atoms with Gasteiger partial charge in [0, 0.05) is 26.3 Å². The molecule has 1 aliphatic heterocycles. The van der Waals surface area contributed by atoms with E-state index in [-0.39, 0.29) is 0 Å². The average Bonchev–Trinajstić information content (AvgIpc) is 2.85. The van der Waals surface area contributed by atoms with Gasteiger partial charge in [0.25, 0.3) is 0 Å². The monoisotopic (exact) mass is 258 g/mol. The van der Waals surface area contributed by atoms with Crippen LogP contribution in [-0.2, 0) is 8.85 Å². The van der Waals surface area contributed by atoms with Crippen molar-refractivity contribution >= 4 is 15.6 Å². The Labute approximate surface area is 107 Å². The van der Waals surface area contributed by atoms with Crippen LogP contribution in [0, 0.1) is 0 Å². The van der Waals surface area contributed by atoms with Crippen LogP contribution in [-0.4, -0.2) is 53.4 Å². The van der Waals surface area contributed by atoms with Crippen molar-refractivity contribution in [2.45, 2.75) is 39.2 Å². The maximum Gasteiger partial charge on any atom is 0.321 e. The topological polar surface area (TPSA) is 34.1 Å². The van der Waals surface area contributed by atoms with Crippen LogP contribution >= 0.6 is 0 Å². The van der Waals surface area contributed by atoms with Crippen LogP contribution in [0.4, 0.5) is 0 Å². The van der Waals surface area contributed by atoms with Crippen LogP contribution in [0.25, 0.3) is 0 Å². The Balaban J connectivity index is 2.10. The van der Waals surface area contributed by atoms with E-state index in [1.165, 1.54) is 0 Å². The third-order valence-corrected chi connectivity index (χ3v) is 4.76. The van der Waals surface area contributed by atoms with Gasteiger partial charge in [-0.1, -0.05) is 13.8 Å². The molecule has 0 aromatic rings. The van der Waals surface area contributed by atoms with Crippen molar-refractivity contribution in [3.8, 4) is 0 Å². The fourth-order valence-corrected chi connectivity index (χ4v) is 3.70. The molecule has 0 radical (unpaired) electrons. The molecule has 1 heterocycles. The molecule has 100 valence electrons. The zero-order valence-corrected chi connectivity index (χ0v) is 12.4. The van der Waals surface area contributed by atoms with Crippen LogP contribution in [0.5, 0.6) is 0 Å². The van der Waals surface area contributed by atoms with E-state index in [4.69, 9.17) is 8.85 Å². The van der Waals surface area contributed by atoms with E-state index in [1.54, 1.807) is 0 Å². The smallest absolute Gasteiger partial charge is 0.321 e. The minimum Gasteiger partial charge on any atom is -0.397 e. The van der Waals surface area contributed by atoms with E-state index >= 15 is 0 Å². The van der Waals surface area contributed by atoms with Crippen LogP contribution in [0.2, 0.25) is 6.04 Å². The summed E-state index contributed by atoms with van der Waals surface area (Å²) in [5, 5.41) is 0. The van der Waals surface area contributed by atoms with Gasteiger partial charge in [-0.25, -0.2) is 0 Å². The molecular weight excluding hydrogens is 232 g/mol. The van der Waals surface area contributed by atoms with Crippen LogP contribution < -0.4 is 0 Å². The van der Waals surface area contributed by atoms with Crippen molar-refractivity contribution in [1.29, 1.82) is 0 Å². The van der Waals surface area contributed by atoms with Crippen LogP contribution in [0.3, 0.4) is 0 Å². The first-order valence-electron chi connectivity index (χ1n) is 6.84. The summed E-state index contributed by atoms with van der Waals surface area (Å²) >= 11 is 0. The lowest BCUT2D eigenvalue weighted by Crippen LogP contribution is -2.27. The molecule has 0 bridgehead atoms. The summed E-state index contributed by atoms with van der Waals surface area (Å²) in [6, 6.07) is 1.12.